The number of carbonyl (C=O) groups is 1. The van der Waals surface area contributed by atoms with Gasteiger partial charge in [0.15, 0.2) is 5.82 Å². The predicted octanol–water partition coefficient (Wildman–Crippen LogP) is 4.74. The fourth-order valence-electron chi connectivity index (χ4n) is 3.39. The summed E-state index contributed by atoms with van der Waals surface area (Å²) in [5.41, 5.74) is 1.96. The quantitative estimate of drug-likeness (QED) is 0.715. The number of hydrogen-bond donors (Lipinski definition) is 3. The highest BCUT2D eigenvalue weighted by molar-refractivity contribution is 8.25. The van der Waals surface area contributed by atoms with Crippen molar-refractivity contribution in [2.45, 2.75) is 38.0 Å². The van der Waals surface area contributed by atoms with Crippen LogP contribution in [0.25, 0.3) is 0 Å². The number of carboxylic acid groups (broad SMARTS) is 1. The first-order valence-corrected chi connectivity index (χ1v) is 10.0. The van der Waals surface area contributed by atoms with Crippen molar-refractivity contribution in [2.75, 3.05) is 10.8 Å². The summed E-state index contributed by atoms with van der Waals surface area (Å²) in [6.07, 6.45) is 1.60. The van der Waals surface area contributed by atoms with Crippen molar-refractivity contribution >= 4 is 22.4 Å². The zero-order valence-electron chi connectivity index (χ0n) is 14.7. The zero-order chi connectivity index (χ0) is 19.1. The summed E-state index contributed by atoms with van der Waals surface area (Å²) >= 11 is 0. The number of fused-ring (bicyclic) bond motifs is 1. The molecule has 0 aliphatic carbocycles. The molecule has 0 spiro atoms. The fraction of sp³-hybridized carbons (Fsp3) is 0.316. The summed E-state index contributed by atoms with van der Waals surface area (Å²) in [6, 6.07) is 8.14. The van der Waals surface area contributed by atoms with Gasteiger partial charge in [-0.15, -0.1) is 0 Å². The van der Waals surface area contributed by atoms with Crippen molar-refractivity contribution in [3.63, 3.8) is 0 Å². The predicted molar refractivity (Wildman–Crippen MR) is 101 cm³/mol. The van der Waals surface area contributed by atoms with Gasteiger partial charge in [-0.25, -0.2) is 9.18 Å². The Balaban J connectivity index is 2.09. The molecule has 0 radical (unpaired) electrons. The maximum atomic E-state index is 15.0. The normalized spacial score (nSPS) is 16.9. The van der Waals surface area contributed by atoms with Crippen LogP contribution in [0.1, 0.15) is 40.9 Å². The standard InChI is InChI=1S/C19H22FNO4S/c1-3-12-5-8-17-13(11-12)9-10-21(26(17,24)25)16-7-6-15(19(22)23)14(4-2)18(16)20/h5-8,11,24-25H,3-4,9-10H2,1-2H3,(H,22,23). The molecular weight excluding hydrogens is 357 g/mol. The first kappa shape index (κ1) is 18.7. The molecule has 0 fully saturated rings. The van der Waals surface area contributed by atoms with Crippen LogP contribution < -0.4 is 4.31 Å². The van der Waals surface area contributed by atoms with E-state index in [1.165, 1.54) is 16.4 Å². The monoisotopic (exact) mass is 379 g/mol. The molecule has 0 atom stereocenters. The van der Waals surface area contributed by atoms with Gasteiger partial charge in [0.2, 0.25) is 0 Å². The summed E-state index contributed by atoms with van der Waals surface area (Å²) in [5.74, 6) is -1.91. The average Bonchev–Trinajstić information content (AvgIpc) is 2.61. The Bertz CT molecular complexity index is 869. The molecule has 1 aliphatic heterocycles. The van der Waals surface area contributed by atoms with E-state index < -0.39 is 22.6 Å². The van der Waals surface area contributed by atoms with Crippen LogP contribution in [0.2, 0.25) is 0 Å². The second-order valence-corrected chi connectivity index (χ2v) is 8.17. The summed E-state index contributed by atoms with van der Waals surface area (Å²) < 4.78 is 38.0. The molecule has 0 aromatic heterocycles. The van der Waals surface area contributed by atoms with Crippen molar-refractivity contribution in [2.24, 2.45) is 0 Å². The highest BCUT2D eigenvalue weighted by atomic mass is 32.3. The molecule has 1 heterocycles. The van der Waals surface area contributed by atoms with E-state index in [-0.39, 0.29) is 29.8 Å². The Hall–Kier alpha value is -2.09. The van der Waals surface area contributed by atoms with Crippen LogP contribution in [-0.2, 0) is 19.3 Å². The third-order valence-electron chi connectivity index (χ3n) is 4.80. The first-order chi connectivity index (χ1) is 12.3. The Labute approximate surface area is 153 Å². The molecule has 5 nitrogen and oxygen atoms in total. The molecule has 0 amide bonds. The van der Waals surface area contributed by atoms with E-state index in [1.807, 2.05) is 19.1 Å². The van der Waals surface area contributed by atoms with Crippen molar-refractivity contribution in [1.29, 1.82) is 0 Å². The number of aromatic carboxylic acids is 1. The lowest BCUT2D eigenvalue weighted by Crippen LogP contribution is -2.35. The third-order valence-corrected chi connectivity index (χ3v) is 6.78. The van der Waals surface area contributed by atoms with Crippen LogP contribution in [0.5, 0.6) is 0 Å². The summed E-state index contributed by atoms with van der Waals surface area (Å²) in [6.45, 7) is 3.94. The number of nitrogens with zero attached hydrogens (tertiary/aromatic N) is 1. The lowest BCUT2D eigenvalue weighted by atomic mass is 10.0. The van der Waals surface area contributed by atoms with E-state index in [2.05, 4.69) is 0 Å². The molecular formula is C19H22FNO4S. The minimum Gasteiger partial charge on any atom is -0.478 e. The smallest absolute Gasteiger partial charge is 0.336 e. The number of benzene rings is 2. The van der Waals surface area contributed by atoms with Crippen LogP contribution in [0.15, 0.2) is 35.2 Å². The molecule has 140 valence electrons. The van der Waals surface area contributed by atoms with Crippen molar-refractivity contribution in [3.05, 3.63) is 58.4 Å². The Morgan fingerprint density at radius 2 is 1.92 bits per heavy atom. The summed E-state index contributed by atoms with van der Waals surface area (Å²) in [5, 5.41) is 9.23. The van der Waals surface area contributed by atoms with Gasteiger partial charge >= 0.3 is 5.97 Å². The minimum absolute atomic E-state index is 0.0251. The maximum Gasteiger partial charge on any atom is 0.336 e. The van der Waals surface area contributed by atoms with Crippen molar-refractivity contribution < 1.29 is 23.4 Å². The maximum absolute atomic E-state index is 15.0. The van der Waals surface area contributed by atoms with E-state index in [0.29, 0.717) is 11.3 Å². The molecule has 7 heteroatoms. The van der Waals surface area contributed by atoms with Gasteiger partial charge < -0.3 is 5.11 Å². The largest absolute Gasteiger partial charge is 0.478 e. The number of halogens is 1. The minimum atomic E-state index is -3.40. The van der Waals surface area contributed by atoms with Gasteiger partial charge in [-0.05, 0) is 48.6 Å². The summed E-state index contributed by atoms with van der Waals surface area (Å²) in [7, 11) is -3.40. The summed E-state index contributed by atoms with van der Waals surface area (Å²) in [4.78, 5) is 11.7. The van der Waals surface area contributed by atoms with Crippen LogP contribution in [0, 0.1) is 5.82 Å². The van der Waals surface area contributed by atoms with Crippen molar-refractivity contribution in [1.82, 2.24) is 0 Å². The van der Waals surface area contributed by atoms with Gasteiger partial charge in [0.05, 0.1) is 16.1 Å². The lowest BCUT2D eigenvalue weighted by Gasteiger charge is -2.48. The van der Waals surface area contributed by atoms with Crippen LogP contribution >= 0.6 is 10.8 Å². The average molecular weight is 379 g/mol. The van der Waals surface area contributed by atoms with E-state index in [9.17, 15) is 19.0 Å². The van der Waals surface area contributed by atoms with Gasteiger partial charge in [0, 0.05) is 12.1 Å². The molecule has 3 N–H and O–H groups in total. The molecule has 2 aromatic rings. The fourth-order valence-corrected chi connectivity index (χ4v) is 5.15. The molecule has 1 aliphatic rings. The Morgan fingerprint density at radius 1 is 1.19 bits per heavy atom. The lowest BCUT2D eigenvalue weighted by molar-refractivity contribution is 0.0695. The van der Waals surface area contributed by atoms with Crippen LogP contribution in [0.3, 0.4) is 0 Å². The van der Waals surface area contributed by atoms with Gasteiger partial charge in [0.1, 0.15) is 0 Å². The molecule has 2 aromatic carbocycles. The number of hydrogen-bond acceptors (Lipinski definition) is 4. The van der Waals surface area contributed by atoms with Crippen molar-refractivity contribution in [3.8, 4) is 0 Å². The van der Waals surface area contributed by atoms with Gasteiger partial charge in [-0.3, -0.25) is 13.4 Å². The van der Waals surface area contributed by atoms with Gasteiger partial charge in [0.25, 0.3) is 0 Å². The van der Waals surface area contributed by atoms with Gasteiger partial charge in [-0.1, -0.05) is 36.8 Å². The van der Waals surface area contributed by atoms with Gasteiger partial charge in [-0.2, -0.15) is 0 Å². The van der Waals surface area contributed by atoms with E-state index in [0.717, 1.165) is 17.5 Å². The number of aryl methyl sites for hydroxylation is 1. The van der Waals surface area contributed by atoms with Crippen LogP contribution in [-0.4, -0.2) is 26.7 Å². The van der Waals surface area contributed by atoms with E-state index in [4.69, 9.17) is 0 Å². The highest BCUT2D eigenvalue weighted by Gasteiger charge is 2.34. The van der Waals surface area contributed by atoms with E-state index in [1.54, 1.807) is 13.0 Å². The molecule has 0 saturated heterocycles. The van der Waals surface area contributed by atoms with Crippen LogP contribution in [0.4, 0.5) is 10.1 Å². The molecule has 26 heavy (non-hydrogen) atoms. The highest BCUT2D eigenvalue weighted by Crippen LogP contribution is 2.57. The number of carboxylic acids is 1. The second kappa shape index (κ2) is 6.90. The third kappa shape index (κ3) is 2.96. The molecule has 0 bridgehead atoms. The Morgan fingerprint density at radius 3 is 2.54 bits per heavy atom. The molecule has 3 rings (SSSR count). The molecule has 0 unspecified atom stereocenters. The molecule has 0 saturated carbocycles. The topological polar surface area (TPSA) is 81.0 Å². The SMILES string of the molecule is CCc1ccc2c(c1)CCN(c1ccc(C(=O)O)c(CC)c1F)S2(O)O. The first-order valence-electron chi connectivity index (χ1n) is 8.53. The number of rotatable bonds is 4. The zero-order valence-corrected chi connectivity index (χ0v) is 15.5. The second-order valence-electron chi connectivity index (χ2n) is 6.25. The number of anilines is 1. The Kier molecular flexibility index (Phi) is 4.96. The van der Waals surface area contributed by atoms with E-state index >= 15 is 4.39 Å².